The van der Waals surface area contributed by atoms with E-state index >= 15 is 0 Å². The first-order valence-electron chi connectivity index (χ1n) is 5.97. The molecule has 0 radical (unpaired) electrons. The average Bonchev–Trinajstić information content (AvgIpc) is 2.75. The van der Waals surface area contributed by atoms with Crippen LogP contribution in [0.5, 0.6) is 5.75 Å². The molecule has 3 N–H and O–H groups in total. The van der Waals surface area contributed by atoms with Crippen molar-refractivity contribution in [2.24, 2.45) is 5.73 Å². The second kappa shape index (κ2) is 6.28. The van der Waals surface area contributed by atoms with E-state index in [1.807, 2.05) is 37.3 Å². The van der Waals surface area contributed by atoms with Crippen LogP contribution in [0, 0.1) is 6.92 Å². The normalized spacial score (nSPS) is 11.9. The molecule has 0 fully saturated rings. The molecule has 0 saturated carbocycles. The van der Waals surface area contributed by atoms with Gasteiger partial charge in [-0.1, -0.05) is 12.1 Å². The van der Waals surface area contributed by atoms with Crippen molar-refractivity contribution in [1.82, 2.24) is 0 Å². The molecule has 1 amide bonds. The molecule has 0 aliphatic rings. The molecular formula is C14H15BrN2O2S. The Morgan fingerprint density at radius 1 is 1.45 bits per heavy atom. The number of benzene rings is 1. The topological polar surface area (TPSA) is 64.3 Å². The van der Waals surface area contributed by atoms with Crippen LogP contribution in [0.4, 0.5) is 5.69 Å². The Labute approximate surface area is 130 Å². The molecular weight excluding hydrogens is 340 g/mol. The molecule has 6 heteroatoms. The Morgan fingerprint density at radius 3 is 2.70 bits per heavy atom. The molecule has 1 aromatic heterocycles. The van der Waals surface area contributed by atoms with Crippen molar-refractivity contribution in [2.75, 3.05) is 12.4 Å². The SMILES string of the molecule is COc1ccccc1NC(C(N)=O)c1cc(Br)c(C)s1. The lowest BCUT2D eigenvalue weighted by atomic mass is 10.2. The van der Waals surface area contributed by atoms with E-state index in [9.17, 15) is 4.79 Å². The number of halogens is 1. The van der Waals surface area contributed by atoms with Gasteiger partial charge in [0.15, 0.2) is 0 Å². The monoisotopic (exact) mass is 354 g/mol. The van der Waals surface area contributed by atoms with Gasteiger partial charge in [-0.05, 0) is 41.1 Å². The number of para-hydroxylation sites is 2. The highest BCUT2D eigenvalue weighted by Gasteiger charge is 2.21. The number of nitrogens with one attached hydrogen (secondary N) is 1. The first-order chi connectivity index (χ1) is 9.52. The molecule has 2 aromatic rings. The van der Waals surface area contributed by atoms with Crippen molar-refractivity contribution in [3.05, 3.63) is 44.6 Å². The van der Waals surface area contributed by atoms with Crippen molar-refractivity contribution in [3.63, 3.8) is 0 Å². The maximum atomic E-state index is 11.7. The van der Waals surface area contributed by atoms with Gasteiger partial charge in [0.05, 0.1) is 12.8 Å². The molecule has 0 aliphatic heterocycles. The van der Waals surface area contributed by atoms with Gasteiger partial charge in [0.25, 0.3) is 0 Å². The second-order valence-electron chi connectivity index (χ2n) is 4.23. The number of methoxy groups -OCH3 is 1. The molecule has 1 aromatic carbocycles. The van der Waals surface area contributed by atoms with Gasteiger partial charge in [-0.3, -0.25) is 4.79 Å². The fourth-order valence-corrected chi connectivity index (χ4v) is 3.45. The lowest BCUT2D eigenvalue weighted by molar-refractivity contribution is -0.118. The van der Waals surface area contributed by atoms with Crippen molar-refractivity contribution in [2.45, 2.75) is 13.0 Å². The zero-order valence-electron chi connectivity index (χ0n) is 11.1. The maximum Gasteiger partial charge on any atom is 0.245 e. The van der Waals surface area contributed by atoms with E-state index in [-0.39, 0.29) is 0 Å². The molecule has 0 aliphatic carbocycles. The first-order valence-corrected chi connectivity index (χ1v) is 7.58. The Morgan fingerprint density at radius 2 is 2.15 bits per heavy atom. The summed E-state index contributed by atoms with van der Waals surface area (Å²) in [6, 6.07) is 8.76. The van der Waals surface area contributed by atoms with E-state index < -0.39 is 11.9 Å². The number of hydrogen-bond acceptors (Lipinski definition) is 4. The number of hydrogen-bond donors (Lipinski definition) is 2. The van der Waals surface area contributed by atoms with Gasteiger partial charge in [0.1, 0.15) is 11.8 Å². The van der Waals surface area contributed by atoms with Crippen LogP contribution in [0.15, 0.2) is 34.8 Å². The number of carbonyl (C=O) groups excluding carboxylic acids is 1. The van der Waals surface area contributed by atoms with E-state index in [0.29, 0.717) is 5.75 Å². The molecule has 106 valence electrons. The third-order valence-corrected chi connectivity index (χ3v) is 5.05. The van der Waals surface area contributed by atoms with Crippen molar-refractivity contribution >= 4 is 38.9 Å². The molecule has 1 atom stereocenters. The molecule has 0 bridgehead atoms. The molecule has 0 spiro atoms. The van der Waals surface area contributed by atoms with Crippen LogP contribution in [-0.2, 0) is 4.79 Å². The van der Waals surface area contributed by atoms with Gasteiger partial charge < -0.3 is 15.8 Å². The summed E-state index contributed by atoms with van der Waals surface area (Å²) < 4.78 is 6.25. The van der Waals surface area contributed by atoms with Crippen molar-refractivity contribution in [3.8, 4) is 5.75 Å². The molecule has 2 rings (SSSR count). The number of nitrogens with two attached hydrogens (primary N) is 1. The minimum absolute atomic E-state index is 0.426. The van der Waals surface area contributed by atoms with Crippen LogP contribution in [0.2, 0.25) is 0 Å². The largest absolute Gasteiger partial charge is 0.495 e. The molecule has 1 heterocycles. The number of rotatable bonds is 5. The Balaban J connectivity index is 2.33. The first kappa shape index (κ1) is 14.9. The fraction of sp³-hybridized carbons (Fsp3) is 0.214. The summed E-state index contributed by atoms with van der Waals surface area (Å²) in [5, 5.41) is 3.14. The summed E-state index contributed by atoms with van der Waals surface area (Å²) in [5.74, 6) is 0.246. The van der Waals surface area contributed by atoms with Gasteiger partial charge in [-0.15, -0.1) is 11.3 Å². The summed E-state index contributed by atoms with van der Waals surface area (Å²) in [6.07, 6.45) is 0. The summed E-state index contributed by atoms with van der Waals surface area (Å²) in [7, 11) is 1.59. The number of carbonyl (C=O) groups is 1. The van der Waals surface area contributed by atoms with E-state index in [0.717, 1.165) is 19.9 Å². The number of ether oxygens (including phenoxy) is 1. The number of anilines is 1. The van der Waals surface area contributed by atoms with Gasteiger partial charge in [0, 0.05) is 14.2 Å². The van der Waals surface area contributed by atoms with Crippen LogP contribution in [0.1, 0.15) is 15.8 Å². The highest BCUT2D eigenvalue weighted by molar-refractivity contribution is 9.10. The van der Waals surface area contributed by atoms with Crippen molar-refractivity contribution in [1.29, 1.82) is 0 Å². The molecule has 4 nitrogen and oxygen atoms in total. The molecule has 1 unspecified atom stereocenters. The summed E-state index contributed by atoms with van der Waals surface area (Å²) in [4.78, 5) is 13.7. The van der Waals surface area contributed by atoms with E-state index in [1.165, 1.54) is 11.3 Å². The Hall–Kier alpha value is -1.53. The Bertz CT molecular complexity index is 608. The van der Waals surface area contributed by atoms with Crippen LogP contribution in [0.25, 0.3) is 0 Å². The highest BCUT2D eigenvalue weighted by Crippen LogP contribution is 2.34. The number of thiophene rings is 1. The van der Waals surface area contributed by atoms with Gasteiger partial charge in [0.2, 0.25) is 5.91 Å². The average molecular weight is 355 g/mol. The van der Waals surface area contributed by atoms with Gasteiger partial charge in [-0.25, -0.2) is 0 Å². The van der Waals surface area contributed by atoms with E-state index in [2.05, 4.69) is 21.2 Å². The predicted octanol–water partition coefficient (Wildman–Crippen LogP) is 3.47. The van der Waals surface area contributed by atoms with Gasteiger partial charge >= 0.3 is 0 Å². The maximum absolute atomic E-state index is 11.7. The number of aryl methyl sites for hydroxylation is 1. The van der Waals surface area contributed by atoms with Crippen LogP contribution in [-0.4, -0.2) is 13.0 Å². The fourth-order valence-electron chi connectivity index (χ4n) is 1.83. The van der Waals surface area contributed by atoms with Crippen LogP contribution < -0.4 is 15.8 Å². The molecule has 0 saturated heterocycles. The lowest BCUT2D eigenvalue weighted by Crippen LogP contribution is -2.27. The summed E-state index contributed by atoms with van der Waals surface area (Å²) >= 11 is 4.99. The minimum atomic E-state index is -0.582. The van der Waals surface area contributed by atoms with Crippen LogP contribution in [0.3, 0.4) is 0 Å². The van der Waals surface area contributed by atoms with Crippen LogP contribution >= 0.6 is 27.3 Å². The predicted molar refractivity (Wildman–Crippen MR) is 85.3 cm³/mol. The minimum Gasteiger partial charge on any atom is -0.495 e. The Kier molecular flexibility index (Phi) is 4.67. The second-order valence-corrected chi connectivity index (χ2v) is 6.38. The number of primary amides is 1. The zero-order valence-corrected chi connectivity index (χ0v) is 13.5. The van der Waals surface area contributed by atoms with Crippen molar-refractivity contribution < 1.29 is 9.53 Å². The summed E-state index contributed by atoms with van der Waals surface area (Å²) in [6.45, 7) is 1.99. The third-order valence-electron chi connectivity index (χ3n) is 2.85. The zero-order chi connectivity index (χ0) is 14.7. The third kappa shape index (κ3) is 3.13. The van der Waals surface area contributed by atoms with E-state index in [4.69, 9.17) is 10.5 Å². The van der Waals surface area contributed by atoms with Gasteiger partial charge in [-0.2, -0.15) is 0 Å². The van der Waals surface area contributed by atoms with E-state index in [1.54, 1.807) is 7.11 Å². The molecule has 20 heavy (non-hydrogen) atoms. The lowest BCUT2D eigenvalue weighted by Gasteiger charge is -2.17. The summed E-state index contributed by atoms with van der Waals surface area (Å²) in [5.41, 5.74) is 6.25. The smallest absolute Gasteiger partial charge is 0.245 e. The number of amides is 1. The standard InChI is InChI=1S/C14H15BrN2O2S/c1-8-9(15)7-12(20-8)13(14(16)18)17-10-5-3-4-6-11(10)19-2/h3-7,13,17H,1-2H3,(H2,16,18). The highest BCUT2D eigenvalue weighted by atomic mass is 79.9. The quantitative estimate of drug-likeness (QED) is 0.863.